The summed E-state index contributed by atoms with van der Waals surface area (Å²) < 4.78 is 0. The SMILES string of the molecule is NCc1cccc(-c2cccc3[cH-]ccc23)c1.[Cl-].[Cl-].[Hf]. The van der Waals surface area contributed by atoms with Gasteiger partial charge in [0.25, 0.3) is 0 Å². The van der Waals surface area contributed by atoms with Crippen LogP contribution in [0.1, 0.15) is 5.56 Å². The Balaban J connectivity index is 0.00000120. The van der Waals surface area contributed by atoms with Crippen LogP contribution < -0.4 is 30.5 Å². The van der Waals surface area contributed by atoms with Crippen LogP contribution in [0.3, 0.4) is 0 Å². The molecule has 0 atom stereocenters. The van der Waals surface area contributed by atoms with Crippen molar-refractivity contribution in [3.05, 3.63) is 66.2 Å². The second-order valence-electron chi connectivity index (χ2n) is 4.24. The van der Waals surface area contributed by atoms with E-state index in [1.165, 1.54) is 27.5 Å². The molecule has 3 aromatic carbocycles. The molecule has 20 heavy (non-hydrogen) atoms. The van der Waals surface area contributed by atoms with Crippen molar-refractivity contribution in [1.82, 2.24) is 0 Å². The van der Waals surface area contributed by atoms with Crippen molar-refractivity contribution >= 4 is 10.8 Å². The number of rotatable bonds is 2. The molecule has 0 aliphatic rings. The fourth-order valence-corrected chi connectivity index (χ4v) is 2.28. The van der Waals surface area contributed by atoms with Gasteiger partial charge in [-0.25, -0.2) is 0 Å². The minimum Gasteiger partial charge on any atom is -1.00 e. The van der Waals surface area contributed by atoms with Gasteiger partial charge in [-0.05, 0) is 11.1 Å². The first-order chi connectivity index (χ1) is 8.38. The summed E-state index contributed by atoms with van der Waals surface area (Å²) in [5.74, 6) is 0. The van der Waals surface area contributed by atoms with Crippen LogP contribution in [-0.2, 0) is 32.4 Å². The zero-order valence-electron chi connectivity index (χ0n) is 10.8. The number of hydrogen-bond donors (Lipinski definition) is 1. The van der Waals surface area contributed by atoms with Gasteiger partial charge < -0.3 is 30.5 Å². The first-order valence-electron chi connectivity index (χ1n) is 5.82. The molecule has 0 fully saturated rings. The second-order valence-corrected chi connectivity index (χ2v) is 4.24. The summed E-state index contributed by atoms with van der Waals surface area (Å²) in [6.45, 7) is 0.588. The minimum absolute atomic E-state index is 0. The molecule has 3 rings (SSSR count). The van der Waals surface area contributed by atoms with E-state index in [-0.39, 0.29) is 50.7 Å². The number of benzene rings is 2. The van der Waals surface area contributed by atoms with Gasteiger partial charge in [0, 0.05) is 32.4 Å². The van der Waals surface area contributed by atoms with E-state index in [2.05, 4.69) is 60.7 Å². The molecule has 0 spiro atoms. The third-order valence-corrected chi connectivity index (χ3v) is 3.15. The van der Waals surface area contributed by atoms with Crippen LogP contribution in [-0.4, -0.2) is 0 Å². The second kappa shape index (κ2) is 8.68. The molecular weight excluding hydrogens is 456 g/mol. The van der Waals surface area contributed by atoms with Crippen LogP contribution in [0, 0.1) is 0 Å². The van der Waals surface area contributed by atoms with Gasteiger partial charge in [0.05, 0.1) is 0 Å². The minimum atomic E-state index is 0. The van der Waals surface area contributed by atoms with Crippen LogP contribution in [0.4, 0.5) is 0 Å². The van der Waals surface area contributed by atoms with Crippen molar-refractivity contribution in [2.24, 2.45) is 5.73 Å². The largest absolute Gasteiger partial charge is 1.00 e. The van der Waals surface area contributed by atoms with Crippen LogP contribution >= 0.6 is 0 Å². The van der Waals surface area contributed by atoms with Crippen molar-refractivity contribution in [2.75, 3.05) is 0 Å². The molecule has 0 saturated carbocycles. The van der Waals surface area contributed by atoms with E-state index in [0.29, 0.717) is 6.54 Å². The van der Waals surface area contributed by atoms with Crippen LogP contribution in [0.15, 0.2) is 60.7 Å². The number of hydrogen-bond acceptors (Lipinski definition) is 1. The van der Waals surface area contributed by atoms with Crippen molar-refractivity contribution in [2.45, 2.75) is 6.54 Å². The monoisotopic (exact) mass is 470 g/mol. The average molecular weight is 470 g/mol. The molecule has 2 N–H and O–H groups in total. The van der Waals surface area contributed by atoms with Gasteiger partial charge in [-0.2, -0.15) is 12.1 Å². The van der Waals surface area contributed by atoms with Crippen LogP contribution in [0.25, 0.3) is 21.9 Å². The number of halogens is 2. The third kappa shape index (κ3) is 3.76. The van der Waals surface area contributed by atoms with E-state index in [4.69, 9.17) is 5.73 Å². The standard InChI is InChI=1S/C16H14N.2ClH.Hf/c17-11-12-4-1-7-14(10-12)16-9-3-6-13-5-2-8-15(13)16;;;/h1-10H,11,17H2;2*1H;/q-1;;;/p-2. The molecule has 3 aromatic rings. The van der Waals surface area contributed by atoms with E-state index in [9.17, 15) is 0 Å². The molecule has 0 aliphatic heterocycles. The maximum Gasteiger partial charge on any atom is 0.0178 e. The van der Waals surface area contributed by atoms with Gasteiger partial charge in [-0.1, -0.05) is 35.9 Å². The normalized spacial score (nSPS) is 9.25. The predicted octanol–water partition coefficient (Wildman–Crippen LogP) is -2.31. The van der Waals surface area contributed by atoms with Gasteiger partial charge in [0.1, 0.15) is 0 Å². The molecule has 0 amide bonds. The first-order valence-corrected chi connectivity index (χ1v) is 5.82. The summed E-state index contributed by atoms with van der Waals surface area (Å²) in [5.41, 5.74) is 9.38. The average Bonchev–Trinajstić information content (AvgIpc) is 2.87. The molecule has 0 saturated heterocycles. The number of nitrogens with two attached hydrogens (primary N) is 1. The molecule has 0 radical (unpaired) electrons. The molecule has 104 valence electrons. The van der Waals surface area contributed by atoms with Gasteiger partial charge in [0.2, 0.25) is 0 Å². The van der Waals surface area contributed by atoms with Crippen LogP contribution in [0.5, 0.6) is 0 Å². The smallest absolute Gasteiger partial charge is 0.0178 e. The number of fused-ring (bicyclic) bond motifs is 1. The van der Waals surface area contributed by atoms with Gasteiger partial charge in [-0.15, -0.1) is 29.0 Å². The fourth-order valence-electron chi connectivity index (χ4n) is 2.28. The van der Waals surface area contributed by atoms with Gasteiger partial charge in [-0.3, -0.25) is 0 Å². The van der Waals surface area contributed by atoms with Crippen molar-refractivity contribution in [1.29, 1.82) is 0 Å². The van der Waals surface area contributed by atoms with Gasteiger partial charge in [0.15, 0.2) is 0 Å². The molecule has 4 heteroatoms. The summed E-state index contributed by atoms with van der Waals surface area (Å²) in [6.07, 6.45) is 0. The zero-order valence-corrected chi connectivity index (χ0v) is 15.9. The molecule has 0 heterocycles. The van der Waals surface area contributed by atoms with Crippen molar-refractivity contribution < 1.29 is 50.7 Å². The maximum absolute atomic E-state index is 5.69. The zero-order chi connectivity index (χ0) is 11.7. The van der Waals surface area contributed by atoms with Crippen LogP contribution in [0.2, 0.25) is 0 Å². The van der Waals surface area contributed by atoms with E-state index in [0.717, 1.165) is 0 Å². The fraction of sp³-hybridized carbons (Fsp3) is 0.0625. The third-order valence-electron chi connectivity index (χ3n) is 3.15. The molecule has 0 aliphatic carbocycles. The topological polar surface area (TPSA) is 26.0 Å². The molecule has 0 bridgehead atoms. The van der Waals surface area contributed by atoms with E-state index >= 15 is 0 Å². The molecular formula is C16H14Cl2HfN-3. The first kappa shape index (κ1) is 19.5. The van der Waals surface area contributed by atoms with Crippen molar-refractivity contribution in [3.8, 4) is 11.1 Å². The van der Waals surface area contributed by atoms with E-state index in [1.807, 2.05) is 0 Å². The predicted molar refractivity (Wildman–Crippen MR) is 72.9 cm³/mol. The Morgan fingerprint density at radius 2 is 1.70 bits per heavy atom. The molecule has 0 aromatic heterocycles. The summed E-state index contributed by atoms with van der Waals surface area (Å²) in [5, 5.41) is 2.60. The Bertz CT molecular complexity index is 664. The van der Waals surface area contributed by atoms with Gasteiger partial charge >= 0.3 is 0 Å². The Hall–Kier alpha value is -0.540. The van der Waals surface area contributed by atoms with E-state index in [1.54, 1.807) is 0 Å². The summed E-state index contributed by atoms with van der Waals surface area (Å²) >= 11 is 0. The molecule has 1 nitrogen and oxygen atoms in total. The Morgan fingerprint density at radius 1 is 0.950 bits per heavy atom. The summed E-state index contributed by atoms with van der Waals surface area (Å²) in [6, 6.07) is 21.3. The van der Waals surface area contributed by atoms with E-state index < -0.39 is 0 Å². The summed E-state index contributed by atoms with van der Waals surface area (Å²) in [7, 11) is 0. The maximum atomic E-state index is 5.69. The Kier molecular flexibility index (Phi) is 8.45. The van der Waals surface area contributed by atoms with Crippen molar-refractivity contribution in [3.63, 3.8) is 0 Å². The molecule has 0 unspecified atom stereocenters. The Morgan fingerprint density at radius 3 is 2.45 bits per heavy atom. The summed E-state index contributed by atoms with van der Waals surface area (Å²) in [4.78, 5) is 0. The quantitative estimate of drug-likeness (QED) is 0.331. The Labute approximate surface area is 150 Å².